The Morgan fingerprint density at radius 3 is 2.27 bits per heavy atom. The molecule has 168 valence electrons. The van der Waals surface area contributed by atoms with E-state index in [0.717, 1.165) is 27.2 Å². The maximum Gasteiger partial charge on any atom is 0.270 e. The molecule has 3 heterocycles. The molecule has 4 aromatic rings. The Morgan fingerprint density at radius 2 is 1.58 bits per heavy atom. The van der Waals surface area contributed by atoms with Crippen LogP contribution in [-0.4, -0.2) is 59.7 Å². The van der Waals surface area contributed by atoms with Crippen molar-refractivity contribution in [3.05, 3.63) is 77.6 Å². The Bertz CT molecular complexity index is 1420. The van der Waals surface area contributed by atoms with Crippen LogP contribution in [0.4, 0.5) is 0 Å². The van der Waals surface area contributed by atoms with Crippen molar-refractivity contribution in [1.29, 1.82) is 0 Å². The third kappa shape index (κ3) is 4.37. The van der Waals surface area contributed by atoms with Crippen LogP contribution in [0.15, 0.2) is 71.3 Å². The molecule has 0 bridgehead atoms. The zero-order chi connectivity index (χ0) is 23.0. The number of halogens is 1. The molecule has 1 saturated heterocycles. The van der Waals surface area contributed by atoms with Gasteiger partial charge in [-0.05, 0) is 53.6 Å². The van der Waals surface area contributed by atoms with Crippen LogP contribution >= 0.6 is 22.9 Å². The van der Waals surface area contributed by atoms with Gasteiger partial charge in [-0.15, -0.1) is 11.3 Å². The quantitative estimate of drug-likeness (QED) is 0.422. The molecule has 7 nitrogen and oxygen atoms in total. The number of amides is 1. The first-order valence-electron chi connectivity index (χ1n) is 10.3. The number of rotatable bonds is 4. The fourth-order valence-corrected chi connectivity index (χ4v) is 6.69. The molecule has 1 aliphatic heterocycles. The number of carbonyl (C=O) groups excluding carboxylic acids is 1. The number of benzene rings is 2. The van der Waals surface area contributed by atoms with Crippen LogP contribution < -0.4 is 0 Å². The normalized spacial score (nSPS) is 15.1. The van der Waals surface area contributed by atoms with Crippen molar-refractivity contribution in [3.8, 4) is 11.1 Å². The molecule has 0 aliphatic carbocycles. The van der Waals surface area contributed by atoms with E-state index in [1.54, 1.807) is 47.6 Å². The first-order chi connectivity index (χ1) is 15.9. The summed E-state index contributed by atoms with van der Waals surface area (Å²) in [7, 11) is -3.73. The second-order valence-electron chi connectivity index (χ2n) is 7.60. The van der Waals surface area contributed by atoms with Gasteiger partial charge in [-0.3, -0.25) is 9.78 Å². The molecule has 1 amide bonds. The third-order valence-corrected chi connectivity index (χ3v) is 9.09. The highest BCUT2D eigenvalue weighted by molar-refractivity contribution is 7.91. The molecule has 5 rings (SSSR count). The molecular weight excluding hydrogens is 480 g/mol. The van der Waals surface area contributed by atoms with E-state index in [0.29, 0.717) is 29.2 Å². The van der Waals surface area contributed by atoms with Crippen molar-refractivity contribution in [2.45, 2.75) is 4.34 Å². The summed E-state index contributed by atoms with van der Waals surface area (Å²) in [6.07, 6.45) is 3.46. The van der Waals surface area contributed by atoms with Crippen molar-refractivity contribution in [1.82, 2.24) is 19.2 Å². The fourth-order valence-electron chi connectivity index (χ4n) is 3.76. The van der Waals surface area contributed by atoms with Crippen LogP contribution in [-0.2, 0) is 10.0 Å². The lowest BCUT2D eigenvalue weighted by Crippen LogP contribution is -2.50. The van der Waals surface area contributed by atoms with E-state index >= 15 is 0 Å². The first-order valence-corrected chi connectivity index (χ1v) is 12.9. The molecule has 0 spiro atoms. The molecule has 10 heteroatoms. The summed E-state index contributed by atoms with van der Waals surface area (Å²) in [5, 5.41) is 0.512. The zero-order valence-electron chi connectivity index (χ0n) is 17.4. The van der Waals surface area contributed by atoms with Gasteiger partial charge in [-0.1, -0.05) is 23.7 Å². The smallest absolute Gasteiger partial charge is 0.270 e. The van der Waals surface area contributed by atoms with Crippen molar-refractivity contribution in [2.75, 3.05) is 26.2 Å². The number of pyridine rings is 1. The van der Waals surface area contributed by atoms with Crippen LogP contribution in [0, 0.1) is 0 Å². The van der Waals surface area contributed by atoms with Crippen molar-refractivity contribution < 1.29 is 13.2 Å². The van der Waals surface area contributed by atoms with E-state index in [2.05, 4.69) is 9.97 Å². The Kier molecular flexibility index (Phi) is 5.88. The van der Waals surface area contributed by atoms with Gasteiger partial charge in [-0.2, -0.15) is 4.31 Å². The van der Waals surface area contributed by atoms with Crippen LogP contribution in [0.3, 0.4) is 0 Å². The van der Waals surface area contributed by atoms with Crippen LogP contribution in [0.25, 0.3) is 21.3 Å². The van der Waals surface area contributed by atoms with Crippen molar-refractivity contribution in [3.63, 3.8) is 0 Å². The SMILES string of the molecule is O=C(c1ccc(-c2ccncc2)cc1)N1CCN(S(=O)(=O)c2nc3cc(Cl)ccc3s2)CC1. The zero-order valence-corrected chi connectivity index (χ0v) is 19.8. The number of hydrogen-bond acceptors (Lipinski definition) is 6. The molecule has 0 atom stereocenters. The molecule has 1 aliphatic rings. The molecule has 0 N–H and O–H groups in total. The standard InChI is InChI=1S/C23H19ClN4O3S2/c24-19-5-6-21-20(15-19)26-23(32-21)33(30,31)28-13-11-27(12-14-28)22(29)18-3-1-16(2-4-18)17-7-9-25-10-8-17/h1-10,15H,11-14H2. The second-order valence-corrected chi connectivity index (χ2v) is 11.2. The molecule has 0 unspecified atom stereocenters. The molecule has 33 heavy (non-hydrogen) atoms. The minimum Gasteiger partial charge on any atom is -0.336 e. The Hall–Kier alpha value is -2.85. The van der Waals surface area contributed by atoms with Gasteiger partial charge in [0.25, 0.3) is 15.9 Å². The third-order valence-electron chi connectivity index (χ3n) is 5.56. The summed E-state index contributed by atoms with van der Waals surface area (Å²) >= 11 is 7.12. The number of sulfonamides is 1. The molecule has 2 aromatic heterocycles. The summed E-state index contributed by atoms with van der Waals surface area (Å²) in [4.78, 5) is 22.9. The van der Waals surface area contributed by atoms with Crippen LogP contribution in [0.2, 0.25) is 5.02 Å². The number of carbonyl (C=O) groups is 1. The van der Waals surface area contributed by atoms with Gasteiger partial charge in [0.15, 0.2) is 0 Å². The van der Waals surface area contributed by atoms with Gasteiger partial charge in [0.1, 0.15) is 0 Å². The lowest BCUT2D eigenvalue weighted by Gasteiger charge is -2.33. The van der Waals surface area contributed by atoms with E-state index in [1.807, 2.05) is 24.3 Å². The topological polar surface area (TPSA) is 83.5 Å². The van der Waals surface area contributed by atoms with Crippen LogP contribution in [0.5, 0.6) is 0 Å². The highest BCUT2D eigenvalue weighted by atomic mass is 35.5. The van der Waals surface area contributed by atoms with Crippen molar-refractivity contribution >= 4 is 49.1 Å². The number of piperazine rings is 1. The van der Waals surface area contributed by atoms with Gasteiger partial charge in [0.05, 0.1) is 10.2 Å². The molecule has 1 fully saturated rings. The summed E-state index contributed by atoms with van der Waals surface area (Å²) in [6.45, 7) is 1.08. The highest BCUT2D eigenvalue weighted by Gasteiger charge is 2.32. The van der Waals surface area contributed by atoms with E-state index < -0.39 is 10.0 Å². The highest BCUT2D eigenvalue weighted by Crippen LogP contribution is 2.30. The lowest BCUT2D eigenvalue weighted by atomic mass is 10.0. The fraction of sp³-hybridized carbons (Fsp3) is 0.174. The van der Waals surface area contributed by atoms with Gasteiger partial charge < -0.3 is 4.90 Å². The van der Waals surface area contributed by atoms with E-state index in [1.165, 1.54) is 4.31 Å². The minimum atomic E-state index is -3.73. The molecular formula is C23H19ClN4O3S2. The largest absolute Gasteiger partial charge is 0.336 e. The number of hydrogen-bond donors (Lipinski definition) is 0. The predicted molar refractivity (Wildman–Crippen MR) is 129 cm³/mol. The van der Waals surface area contributed by atoms with Crippen LogP contribution in [0.1, 0.15) is 10.4 Å². The maximum absolute atomic E-state index is 13.1. The average Bonchev–Trinajstić information content (AvgIpc) is 3.28. The summed E-state index contributed by atoms with van der Waals surface area (Å²) < 4.78 is 28.4. The van der Waals surface area contributed by atoms with Gasteiger partial charge in [0, 0.05) is 49.2 Å². The number of nitrogens with zero attached hydrogens (tertiary/aromatic N) is 4. The van der Waals surface area contributed by atoms with Gasteiger partial charge >= 0.3 is 0 Å². The van der Waals surface area contributed by atoms with E-state index in [-0.39, 0.29) is 23.3 Å². The lowest BCUT2D eigenvalue weighted by molar-refractivity contribution is 0.0698. The molecule has 0 saturated carbocycles. The summed E-state index contributed by atoms with van der Waals surface area (Å²) in [5.74, 6) is -0.108. The average molecular weight is 499 g/mol. The van der Waals surface area contributed by atoms with E-state index in [4.69, 9.17) is 11.6 Å². The Balaban J connectivity index is 1.26. The number of thiazole rings is 1. The Labute approximate surface area is 200 Å². The number of fused-ring (bicyclic) bond motifs is 1. The first kappa shape index (κ1) is 22.0. The monoisotopic (exact) mass is 498 g/mol. The maximum atomic E-state index is 13.1. The Morgan fingerprint density at radius 1 is 0.909 bits per heavy atom. The van der Waals surface area contributed by atoms with Gasteiger partial charge in [0.2, 0.25) is 4.34 Å². The van der Waals surface area contributed by atoms with Crippen molar-refractivity contribution in [2.24, 2.45) is 0 Å². The van der Waals surface area contributed by atoms with E-state index in [9.17, 15) is 13.2 Å². The number of aromatic nitrogens is 2. The predicted octanol–water partition coefficient (Wildman–Crippen LogP) is 4.16. The molecule has 2 aromatic carbocycles. The van der Waals surface area contributed by atoms with Gasteiger partial charge in [-0.25, -0.2) is 13.4 Å². The second kappa shape index (κ2) is 8.83. The molecule has 0 radical (unpaired) electrons. The summed E-state index contributed by atoms with van der Waals surface area (Å²) in [5.41, 5.74) is 3.17. The summed E-state index contributed by atoms with van der Waals surface area (Å²) in [6, 6.07) is 16.4. The minimum absolute atomic E-state index is 0.0474.